The van der Waals surface area contributed by atoms with E-state index in [0.717, 1.165) is 31.4 Å². The monoisotopic (exact) mass is 236 g/mol. The fourth-order valence-corrected chi connectivity index (χ4v) is 2.82. The summed E-state index contributed by atoms with van der Waals surface area (Å²) in [5.41, 5.74) is 6.82. The fraction of sp³-hybridized carbons (Fsp3) is 0.571. The van der Waals surface area contributed by atoms with Crippen molar-refractivity contribution in [3.8, 4) is 0 Å². The van der Waals surface area contributed by atoms with Gasteiger partial charge in [-0.1, -0.05) is 18.2 Å². The molecular weight excluding hydrogens is 215 g/mol. The van der Waals surface area contributed by atoms with Gasteiger partial charge in [-0.2, -0.15) is 0 Å². The molecule has 17 heavy (non-hydrogen) atoms. The molecule has 0 saturated carbocycles. The molecule has 2 N–H and O–H groups in total. The molecule has 1 aliphatic heterocycles. The zero-order valence-electron chi connectivity index (χ0n) is 10.5. The van der Waals surface area contributed by atoms with E-state index in [-0.39, 0.29) is 11.4 Å². The van der Waals surface area contributed by atoms with Gasteiger partial charge in [0.05, 0.1) is 0 Å². The number of rotatable bonds is 4. The number of nitrogens with zero attached hydrogens (tertiary/aromatic N) is 1. The molecule has 1 aromatic rings. The van der Waals surface area contributed by atoms with E-state index in [1.807, 2.05) is 12.1 Å². The predicted molar refractivity (Wildman–Crippen MR) is 68.4 cm³/mol. The second-order valence-corrected chi connectivity index (χ2v) is 5.04. The standard InChI is InChI=1S/C14H21FN2/c1-17-10-4-8-14(17,11-16)9-7-12-5-2-3-6-13(12)15/h2-3,5-6H,4,7-11,16H2,1H3. The average molecular weight is 236 g/mol. The topological polar surface area (TPSA) is 29.3 Å². The molecule has 1 fully saturated rings. The van der Waals surface area contributed by atoms with Gasteiger partial charge in [-0.25, -0.2) is 4.39 Å². The first-order chi connectivity index (χ1) is 8.18. The number of nitrogens with two attached hydrogens (primary N) is 1. The Morgan fingerprint density at radius 2 is 2.18 bits per heavy atom. The van der Waals surface area contributed by atoms with Crippen molar-refractivity contribution in [1.82, 2.24) is 4.90 Å². The van der Waals surface area contributed by atoms with Gasteiger partial charge in [0.25, 0.3) is 0 Å². The zero-order chi connectivity index (χ0) is 12.3. The molecule has 1 atom stereocenters. The van der Waals surface area contributed by atoms with E-state index in [0.29, 0.717) is 6.54 Å². The molecule has 1 aromatic carbocycles. The number of likely N-dealkylation sites (N-methyl/N-ethyl adjacent to an activating group) is 1. The van der Waals surface area contributed by atoms with Gasteiger partial charge < -0.3 is 5.73 Å². The first-order valence-corrected chi connectivity index (χ1v) is 6.33. The second-order valence-electron chi connectivity index (χ2n) is 5.04. The Bertz CT molecular complexity index is 380. The van der Waals surface area contributed by atoms with Crippen LogP contribution in [0, 0.1) is 5.82 Å². The lowest BCUT2D eigenvalue weighted by atomic mass is 9.89. The largest absolute Gasteiger partial charge is 0.329 e. The van der Waals surface area contributed by atoms with Crippen LogP contribution in [0.15, 0.2) is 24.3 Å². The summed E-state index contributed by atoms with van der Waals surface area (Å²) in [6.07, 6.45) is 4.05. The molecule has 0 aliphatic carbocycles. The third-order valence-electron chi connectivity index (χ3n) is 4.14. The van der Waals surface area contributed by atoms with Crippen LogP contribution in [0.4, 0.5) is 4.39 Å². The smallest absolute Gasteiger partial charge is 0.126 e. The normalized spacial score (nSPS) is 25.4. The Balaban J connectivity index is 2.04. The van der Waals surface area contributed by atoms with E-state index in [1.54, 1.807) is 6.07 Å². The lowest BCUT2D eigenvalue weighted by Crippen LogP contribution is -2.48. The SMILES string of the molecule is CN1CCCC1(CN)CCc1ccccc1F. The summed E-state index contributed by atoms with van der Waals surface area (Å²) in [6, 6.07) is 7.03. The molecule has 2 nitrogen and oxygen atoms in total. The number of aryl methyl sites for hydroxylation is 1. The van der Waals surface area contributed by atoms with E-state index in [9.17, 15) is 4.39 Å². The summed E-state index contributed by atoms with van der Waals surface area (Å²) in [4.78, 5) is 2.34. The summed E-state index contributed by atoms with van der Waals surface area (Å²) >= 11 is 0. The molecule has 94 valence electrons. The number of halogens is 1. The van der Waals surface area contributed by atoms with Crippen molar-refractivity contribution in [2.24, 2.45) is 5.73 Å². The number of likely N-dealkylation sites (tertiary alicyclic amines) is 1. The highest BCUT2D eigenvalue weighted by Gasteiger charge is 2.36. The van der Waals surface area contributed by atoms with Crippen molar-refractivity contribution in [2.45, 2.75) is 31.2 Å². The zero-order valence-corrected chi connectivity index (χ0v) is 10.5. The molecule has 0 aromatic heterocycles. The van der Waals surface area contributed by atoms with E-state index in [1.165, 1.54) is 12.5 Å². The van der Waals surface area contributed by atoms with Crippen molar-refractivity contribution in [3.05, 3.63) is 35.6 Å². The van der Waals surface area contributed by atoms with Crippen LogP contribution in [-0.4, -0.2) is 30.6 Å². The number of hydrogen-bond donors (Lipinski definition) is 1. The minimum atomic E-state index is -0.0969. The lowest BCUT2D eigenvalue weighted by molar-refractivity contribution is 0.168. The van der Waals surface area contributed by atoms with Gasteiger partial charge in [-0.15, -0.1) is 0 Å². The van der Waals surface area contributed by atoms with Crippen LogP contribution in [-0.2, 0) is 6.42 Å². The first kappa shape index (κ1) is 12.5. The van der Waals surface area contributed by atoms with Gasteiger partial charge in [-0.3, -0.25) is 4.90 Å². The van der Waals surface area contributed by atoms with E-state index < -0.39 is 0 Å². The highest BCUT2D eigenvalue weighted by atomic mass is 19.1. The summed E-state index contributed by atoms with van der Waals surface area (Å²) < 4.78 is 13.5. The molecule has 0 bridgehead atoms. The minimum absolute atomic E-state index is 0.0856. The number of hydrogen-bond acceptors (Lipinski definition) is 2. The molecule has 1 unspecified atom stereocenters. The van der Waals surface area contributed by atoms with E-state index in [2.05, 4.69) is 11.9 Å². The Morgan fingerprint density at radius 1 is 1.41 bits per heavy atom. The molecule has 1 saturated heterocycles. The van der Waals surface area contributed by atoms with E-state index >= 15 is 0 Å². The Hall–Kier alpha value is -0.930. The van der Waals surface area contributed by atoms with Gasteiger partial charge in [0, 0.05) is 12.1 Å². The molecule has 2 rings (SSSR count). The summed E-state index contributed by atoms with van der Waals surface area (Å²) in [6.45, 7) is 1.77. The molecular formula is C14H21FN2. The predicted octanol–water partition coefficient (Wildman–Crippen LogP) is 2.18. The van der Waals surface area contributed by atoms with Crippen molar-refractivity contribution in [3.63, 3.8) is 0 Å². The number of benzene rings is 1. The second kappa shape index (κ2) is 5.15. The molecule has 0 amide bonds. The summed E-state index contributed by atoms with van der Waals surface area (Å²) in [7, 11) is 2.13. The van der Waals surface area contributed by atoms with Crippen LogP contribution in [0.3, 0.4) is 0 Å². The lowest BCUT2D eigenvalue weighted by Gasteiger charge is -2.35. The maximum Gasteiger partial charge on any atom is 0.126 e. The summed E-state index contributed by atoms with van der Waals surface area (Å²) in [5.74, 6) is -0.0969. The molecule has 1 heterocycles. The van der Waals surface area contributed by atoms with Gasteiger partial charge in [0.2, 0.25) is 0 Å². The third kappa shape index (κ3) is 2.50. The van der Waals surface area contributed by atoms with Gasteiger partial charge in [0.1, 0.15) is 5.82 Å². The maximum atomic E-state index is 13.5. The van der Waals surface area contributed by atoms with Crippen LogP contribution in [0.1, 0.15) is 24.8 Å². The van der Waals surface area contributed by atoms with Gasteiger partial charge in [0.15, 0.2) is 0 Å². The summed E-state index contributed by atoms with van der Waals surface area (Å²) in [5, 5.41) is 0. The van der Waals surface area contributed by atoms with Crippen LogP contribution in [0.5, 0.6) is 0 Å². The first-order valence-electron chi connectivity index (χ1n) is 6.33. The van der Waals surface area contributed by atoms with Crippen molar-refractivity contribution in [1.29, 1.82) is 0 Å². The minimum Gasteiger partial charge on any atom is -0.329 e. The Labute approximate surface area is 103 Å². The molecule has 1 aliphatic rings. The van der Waals surface area contributed by atoms with Gasteiger partial charge >= 0.3 is 0 Å². The average Bonchev–Trinajstić information content (AvgIpc) is 2.70. The van der Waals surface area contributed by atoms with Crippen LogP contribution < -0.4 is 5.73 Å². The van der Waals surface area contributed by atoms with Crippen molar-refractivity contribution < 1.29 is 4.39 Å². The molecule has 3 heteroatoms. The quantitative estimate of drug-likeness (QED) is 0.868. The van der Waals surface area contributed by atoms with E-state index in [4.69, 9.17) is 5.73 Å². The molecule has 0 spiro atoms. The van der Waals surface area contributed by atoms with Crippen molar-refractivity contribution in [2.75, 3.05) is 20.1 Å². The molecule has 0 radical (unpaired) electrons. The van der Waals surface area contributed by atoms with Gasteiger partial charge in [-0.05, 0) is 50.9 Å². The highest BCUT2D eigenvalue weighted by molar-refractivity contribution is 5.18. The van der Waals surface area contributed by atoms with Crippen LogP contribution in [0.25, 0.3) is 0 Å². The Morgan fingerprint density at radius 3 is 2.76 bits per heavy atom. The fourth-order valence-electron chi connectivity index (χ4n) is 2.82. The van der Waals surface area contributed by atoms with Crippen LogP contribution >= 0.6 is 0 Å². The third-order valence-corrected chi connectivity index (χ3v) is 4.14. The highest BCUT2D eigenvalue weighted by Crippen LogP contribution is 2.31. The van der Waals surface area contributed by atoms with Crippen LogP contribution in [0.2, 0.25) is 0 Å². The maximum absolute atomic E-state index is 13.5. The van der Waals surface area contributed by atoms with Crippen molar-refractivity contribution >= 4 is 0 Å². The Kier molecular flexibility index (Phi) is 3.79.